The van der Waals surface area contributed by atoms with Gasteiger partial charge in [-0.15, -0.1) is 0 Å². The molecule has 6 nitrogen and oxygen atoms in total. The van der Waals surface area contributed by atoms with E-state index in [0.29, 0.717) is 5.92 Å². The van der Waals surface area contributed by atoms with Crippen molar-refractivity contribution in [2.75, 3.05) is 39.9 Å². The van der Waals surface area contributed by atoms with Crippen LogP contribution in [0, 0.1) is 19.8 Å². The third-order valence-corrected chi connectivity index (χ3v) is 4.13. The Labute approximate surface area is 132 Å². The summed E-state index contributed by atoms with van der Waals surface area (Å²) in [4.78, 5) is 7.10. The fourth-order valence-electron chi connectivity index (χ4n) is 2.96. The van der Waals surface area contributed by atoms with Gasteiger partial charge >= 0.3 is 0 Å². The molecule has 1 aliphatic heterocycles. The molecule has 0 saturated carbocycles. The van der Waals surface area contributed by atoms with Gasteiger partial charge < -0.3 is 19.5 Å². The zero-order chi connectivity index (χ0) is 15.9. The lowest BCUT2D eigenvalue weighted by Crippen LogP contribution is -2.40. The SMILES string of the molecule is CCNC(=NCCc1c(C)noc1C)N1CCC(COC)C1. The molecule has 1 aromatic heterocycles. The first kappa shape index (κ1) is 16.8. The lowest BCUT2D eigenvalue weighted by atomic mass is 10.1. The lowest BCUT2D eigenvalue weighted by Gasteiger charge is -2.21. The molecule has 1 unspecified atom stereocenters. The van der Waals surface area contributed by atoms with Crippen molar-refractivity contribution < 1.29 is 9.26 Å². The molecule has 1 N–H and O–H groups in total. The normalized spacial score (nSPS) is 19.0. The molecule has 124 valence electrons. The maximum atomic E-state index is 5.27. The molecule has 0 bridgehead atoms. The summed E-state index contributed by atoms with van der Waals surface area (Å²) in [7, 11) is 1.77. The van der Waals surface area contributed by atoms with Gasteiger partial charge in [-0.25, -0.2) is 0 Å². The number of aryl methyl sites for hydroxylation is 2. The summed E-state index contributed by atoms with van der Waals surface area (Å²) >= 11 is 0. The quantitative estimate of drug-likeness (QED) is 0.641. The molecule has 6 heteroatoms. The Kier molecular flexibility index (Phi) is 6.24. The van der Waals surface area contributed by atoms with Crippen LogP contribution >= 0.6 is 0 Å². The number of hydrogen-bond donors (Lipinski definition) is 1. The van der Waals surface area contributed by atoms with Gasteiger partial charge in [0.2, 0.25) is 0 Å². The second-order valence-electron chi connectivity index (χ2n) is 5.84. The molecule has 0 aromatic carbocycles. The van der Waals surface area contributed by atoms with Crippen molar-refractivity contribution in [3.05, 3.63) is 17.0 Å². The summed E-state index contributed by atoms with van der Waals surface area (Å²) in [6.45, 7) is 10.6. The molecule has 1 aromatic rings. The van der Waals surface area contributed by atoms with E-state index in [2.05, 4.69) is 22.3 Å². The zero-order valence-electron chi connectivity index (χ0n) is 14.2. The highest BCUT2D eigenvalue weighted by Crippen LogP contribution is 2.17. The largest absolute Gasteiger partial charge is 0.384 e. The number of methoxy groups -OCH3 is 1. The summed E-state index contributed by atoms with van der Waals surface area (Å²) in [6, 6.07) is 0. The second kappa shape index (κ2) is 8.17. The van der Waals surface area contributed by atoms with Gasteiger partial charge in [0.05, 0.1) is 12.3 Å². The average molecular weight is 308 g/mol. The predicted octanol–water partition coefficient (Wildman–Crippen LogP) is 1.77. The number of aliphatic imine (C=N–C) groups is 1. The van der Waals surface area contributed by atoms with Crippen LogP contribution in [0.3, 0.4) is 0 Å². The van der Waals surface area contributed by atoms with E-state index in [1.165, 1.54) is 12.0 Å². The Morgan fingerprint density at radius 3 is 2.95 bits per heavy atom. The van der Waals surface area contributed by atoms with E-state index in [4.69, 9.17) is 14.3 Å². The highest BCUT2D eigenvalue weighted by Gasteiger charge is 2.24. The van der Waals surface area contributed by atoms with Gasteiger partial charge in [-0.3, -0.25) is 4.99 Å². The molecule has 1 aliphatic rings. The molecular formula is C16H28N4O2. The highest BCUT2D eigenvalue weighted by atomic mass is 16.5. The highest BCUT2D eigenvalue weighted by molar-refractivity contribution is 5.80. The van der Waals surface area contributed by atoms with Crippen molar-refractivity contribution in [2.45, 2.75) is 33.6 Å². The minimum Gasteiger partial charge on any atom is -0.384 e. The third kappa shape index (κ3) is 4.22. The zero-order valence-corrected chi connectivity index (χ0v) is 14.2. The van der Waals surface area contributed by atoms with Gasteiger partial charge in [-0.05, 0) is 33.6 Å². The van der Waals surface area contributed by atoms with Crippen molar-refractivity contribution in [2.24, 2.45) is 10.9 Å². The number of guanidine groups is 1. The van der Waals surface area contributed by atoms with Gasteiger partial charge in [0.25, 0.3) is 0 Å². The first-order valence-electron chi connectivity index (χ1n) is 8.09. The Bertz CT molecular complexity index is 479. The van der Waals surface area contributed by atoms with E-state index < -0.39 is 0 Å². The van der Waals surface area contributed by atoms with E-state index in [9.17, 15) is 0 Å². The summed E-state index contributed by atoms with van der Waals surface area (Å²) in [5, 5.41) is 7.39. The lowest BCUT2D eigenvalue weighted by molar-refractivity contribution is 0.157. The summed E-state index contributed by atoms with van der Waals surface area (Å²) in [5.41, 5.74) is 2.15. The maximum Gasteiger partial charge on any atom is 0.193 e. The minimum atomic E-state index is 0.608. The molecule has 22 heavy (non-hydrogen) atoms. The van der Waals surface area contributed by atoms with Gasteiger partial charge in [0.15, 0.2) is 5.96 Å². The summed E-state index contributed by atoms with van der Waals surface area (Å²) in [6.07, 6.45) is 2.04. The van der Waals surface area contributed by atoms with Crippen LogP contribution in [0.4, 0.5) is 0 Å². The molecule has 1 saturated heterocycles. The van der Waals surface area contributed by atoms with E-state index in [-0.39, 0.29) is 0 Å². The molecule has 0 radical (unpaired) electrons. The summed E-state index contributed by atoms with van der Waals surface area (Å²) < 4.78 is 10.5. The van der Waals surface area contributed by atoms with Crippen LogP contribution in [0.2, 0.25) is 0 Å². The molecule has 1 fully saturated rings. The number of hydrogen-bond acceptors (Lipinski definition) is 4. The van der Waals surface area contributed by atoms with E-state index in [1.54, 1.807) is 7.11 Å². The van der Waals surface area contributed by atoms with E-state index >= 15 is 0 Å². The molecule has 2 heterocycles. The first-order valence-corrected chi connectivity index (χ1v) is 8.09. The number of nitrogens with zero attached hydrogens (tertiary/aromatic N) is 3. The van der Waals surface area contributed by atoms with Crippen LogP contribution in [0.15, 0.2) is 9.52 Å². The van der Waals surface area contributed by atoms with Crippen LogP contribution in [0.1, 0.15) is 30.4 Å². The molecule has 1 atom stereocenters. The predicted molar refractivity (Wildman–Crippen MR) is 87.2 cm³/mol. The van der Waals surface area contributed by atoms with Crippen molar-refractivity contribution in [1.82, 2.24) is 15.4 Å². The number of ether oxygens (including phenoxy) is 1. The van der Waals surface area contributed by atoms with Gasteiger partial charge in [-0.2, -0.15) is 0 Å². The van der Waals surface area contributed by atoms with E-state index in [0.717, 1.165) is 56.6 Å². The minimum absolute atomic E-state index is 0.608. The van der Waals surface area contributed by atoms with Crippen LogP contribution in [-0.4, -0.2) is 55.9 Å². The monoisotopic (exact) mass is 308 g/mol. The second-order valence-corrected chi connectivity index (χ2v) is 5.84. The van der Waals surface area contributed by atoms with E-state index in [1.807, 2.05) is 13.8 Å². The molecule has 0 amide bonds. The van der Waals surface area contributed by atoms with Crippen molar-refractivity contribution in [3.63, 3.8) is 0 Å². The smallest absolute Gasteiger partial charge is 0.193 e. The molecule has 0 spiro atoms. The molecular weight excluding hydrogens is 280 g/mol. The number of likely N-dealkylation sites (tertiary alicyclic amines) is 1. The fourth-order valence-corrected chi connectivity index (χ4v) is 2.96. The Hall–Kier alpha value is -1.56. The van der Waals surface area contributed by atoms with Gasteiger partial charge in [0, 0.05) is 44.8 Å². The van der Waals surface area contributed by atoms with Crippen molar-refractivity contribution in [3.8, 4) is 0 Å². The number of nitrogens with one attached hydrogen (secondary N) is 1. The molecule has 2 rings (SSSR count). The van der Waals surface area contributed by atoms with Crippen LogP contribution < -0.4 is 5.32 Å². The topological polar surface area (TPSA) is 62.9 Å². The maximum absolute atomic E-state index is 5.27. The van der Waals surface area contributed by atoms with Crippen molar-refractivity contribution in [1.29, 1.82) is 0 Å². The fraction of sp³-hybridized carbons (Fsp3) is 0.750. The van der Waals surface area contributed by atoms with Crippen molar-refractivity contribution >= 4 is 5.96 Å². The summed E-state index contributed by atoms with van der Waals surface area (Å²) in [5.74, 6) is 2.52. The van der Waals surface area contributed by atoms with Crippen LogP contribution in [0.25, 0.3) is 0 Å². The Morgan fingerprint density at radius 1 is 1.50 bits per heavy atom. The van der Waals surface area contributed by atoms with Gasteiger partial charge in [-0.1, -0.05) is 5.16 Å². The first-order chi connectivity index (χ1) is 10.7. The van der Waals surface area contributed by atoms with Gasteiger partial charge in [0.1, 0.15) is 5.76 Å². The average Bonchev–Trinajstić information content (AvgIpc) is 3.08. The standard InChI is InChI=1S/C16H28N4O2/c1-5-17-16(20-9-7-14(10-20)11-21-4)18-8-6-15-12(2)19-22-13(15)3/h14H,5-11H2,1-4H3,(H,17,18). The third-order valence-electron chi connectivity index (χ3n) is 4.13. The van der Waals surface area contributed by atoms with Crippen LogP contribution in [-0.2, 0) is 11.2 Å². The number of rotatable bonds is 6. The Morgan fingerprint density at radius 2 is 2.32 bits per heavy atom. The molecule has 0 aliphatic carbocycles. The number of aromatic nitrogens is 1. The Balaban J connectivity index is 1.93. The van der Waals surface area contributed by atoms with Crippen LogP contribution in [0.5, 0.6) is 0 Å².